The monoisotopic (exact) mass is 411 g/mol. The van der Waals surface area contributed by atoms with Crippen molar-refractivity contribution in [2.75, 3.05) is 5.32 Å². The van der Waals surface area contributed by atoms with Crippen LogP contribution in [0.3, 0.4) is 0 Å². The molecule has 6 heteroatoms. The van der Waals surface area contributed by atoms with E-state index in [0.717, 1.165) is 16.8 Å². The number of nitrogens with two attached hydrogens (primary N) is 1. The number of anilines is 1. The second-order valence-electron chi connectivity index (χ2n) is 6.98. The Hall–Kier alpha value is -4.19. The van der Waals surface area contributed by atoms with Gasteiger partial charge >= 0.3 is 0 Å². The van der Waals surface area contributed by atoms with Gasteiger partial charge in [0.05, 0.1) is 11.3 Å². The first-order valence-corrected chi connectivity index (χ1v) is 9.91. The van der Waals surface area contributed by atoms with Crippen molar-refractivity contribution in [1.82, 2.24) is 4.98 Å². The molecule has 0 aliphatic heterocycles. The van der Waals surface area contributed by atoms with Gasteiger partial charge in [-0.1, -0.05) is 72.8 Å². The summed E-state index contributed by atoms with van der Waals surface area (Å²) in [7, 11) is 0. The van der Waals surface area contributed by atoms with E-state index in [0.29, 0.717) is 23.8 Å². The van der Waals surface area contributed by atoms with Crippen LogP contribution < -0.4 is 11.1 Å². The maximum Gasteiger partial charge on any atom is 0.250 e. The van der Waals surface area contributed by atoms with Crippen molar-refractivity contribution in [1.29, 1.82) is 0 Å². The lowest BCUT2D eigenvalue weighted by Gasteiger charge is -2.08. The van der Waals surface area contributed by atoms with Gasteiger partial charge in [-0.2, -0.15) is 0 Å². The Bertz CT molecular complexity index is 1140. The Morgan fingerprint density at radius 2 is 1.45 bits per heavy atom. The molecule has 1 heterocycles. The Morgan fingerprint density at radius 1 is 0.839 bits per heavy atom. The van der Waals surface area contributed by atoms with E-state index in [1.807, 2.05) is 60.7 Å². The van der Waals surface area contributed by atoms with Crippen LogP contribution in [0, 0.1) is 0 Å². The molecule has 2 amide bonds. The summed E-state index contributed by atoms with van der Waals surface area (Å²) in [5.41, 5.74) is 8.62. The second kappa shape index (κ2) is 9.09. The molecule has 0 atom stereocenters. The lowest BCUT2D eigenvalue weighted by atomic mass is 10.1. The quantitative estimate of drug-likeness (QED) is 0.461. The van der Waals surface area contributed by atoms with Gasteiger partial charge in [0.15, 0.2) is 11.7 Å². The van der Waals surface area contributed by atoms with Crippen molar-refractivity contribution in [2.24, 2.45) is 5.73 Å². The fourth-order valence-electron chi connectivity index (χ4n) is 3.29. The summed E-state index contributed by atoms with van der Waals surface area (Å²) in [4.78, 5) is 28.7. The number of carbonyl (C=O) groups is 2. The maximum atomic E-state index is 12.5. The molecule has 0 spiro atoms. The molecule has 3 N–H and O–H groups in total. The second-order valence-corrected chi connectivity index (χ2v) is 6.98. The molecule has 0 fully saturated rings. The standard InChI is InChI=1S/C25H21N3O3/c26-25(30)19-13-7-8-14-20(19)27-21(29)15-16-22-28-23(17-9-3-1-4-10-17)24(31-22)18-11-5-2-6-12-18/h1-14H,15-16H2,(H2,26,30)(H,27,29). The van der Waals surface area contributed by atoms with Crippen LogP contribution in [0.1, 0.15) is 22.7 Å². The summed E-state index contributed by atoms with van der Waals surface area (Å²) in [5, 5.41) is 2.74. The Kier molecular flexibility index (Phi) is 5.89. The Labute approximate surface area is 179 Å². The number of amides is 2. The van der Waals surface area contributed by atoms with E-state index in [1.54, 1.807) is 24.3 Å². The van der Waals surface area contributed by atoms with Crippen molar-refractivity contribution in [3.05, 3.63) is 96.4 Å². The Morgan fingerprint density at radius 3 is 2.13 bits per heavy atom. The maximum absolute atomic E-state index is 12.5. The number of hydrogen-bond donors (Lipinski definition) is 2. The first-order chi connectivity index (χ1) is 15.1. The summed E-state index contributed by atoms with van der Waals surface area (Å²) < 4.78 is 6.05. The average Bonchev–Trinajstić information content (AvgIpc) is 3.23. The predicted molar refractivity (Wildman–Crippen MR) is 119 cm³/mol. The third-order valence-electron chi connectivity index (χ3n) is 4.79. The van der Waals surface area contributed by atoms with Crippen molar-refractivity contribution in [3.8, 4) is 22.6 Å². The van der Waals surface area contributed by atoms with Gasteiger partial charge in [-0.3, -0.25) is 9.59 Å². The summed E-state index contributed by atoms with van der Waals surface area (Å²) >= 11 is 0. The molecule has 0 saturated heterocycles. The van der Waals surface area contributed by atoms with E-state index in [2.05, 4.69) is 10.3 Å². The number of primary amides is 1. The van der Waals surface area contributed by atoms with Gasteiger partial charge in [0.1, 0.15) is 5.69 Å². The number of nitrogens with one attached hydrogen (secondary N) is 1. The molecule has 4 aromatic rings. The van der Waals surface area contributed by atoms with Crippen LogP contribution in [0.2, 0.25) is 0 Å². The minimum Gasteiger partial charge on any atom is -0.440 e. The molecule has 4 rings (SSSR count). The average molecular weight is 411 g/mol. The lowest BCUT2D eigenvalue weighted by molar-refractivity contribution is -0.116. The van der Waals surface area contributed by atoms with Crippen LogP contribution in [-0.4, -0.2) is 16.8 Å². The van der Waals surface area contributed by atoms with E-state index < -0.39 is 5.91 Å². The number of para-hydroxylation sites is 1. The zero-order chi connectivity index (χ0) is 21.6. The van der Waals surface area contributed by atoms with E-state index in [-0.39, 0.29) is 17.9 Å². The number of aromatic nitrogens is 1. The zero-order valence-corrected chi connectivity index (χ0v) is 16.7. The zero-order valence-electron chi connectivity index (χ0n) is 16.7. The smallest absolute Gasteiger partial charge is 0.250 e. The molecule has 6 nitrogen and oxygen atoms in total. The van der Waals surface area contributed by atoms with E-state index >= 15 is 0 Å². The molecule has 0 aliphatic rings. The molecule has 0 bridgehead atoms. The third kappa shape index (κ3) is 4.70. The lowest BCUT2D eigenvalue weighted by Crippen LogP contribution is -2.18. The van der Waals surface area contributed by atoms with Crippen molar-refractivity contribution < 1.29 is 14.0 Å². The largest absolute Gasteiger partial charge is 0.440 e. The summed E-state index contributed by atoms with van der Waals surface area (Å²) in [6, 6.07) is 26.2. The van der Waals surface area contributed by atoms with Crippen molar-refractivity contribution in [2.45, 2.75) is 12.8 Å². The van der Waals surface area contributed by atoms with Crippen LogP contribution in [0.15, 0.2) is 89.3 Å². The minimum atomic E-state index is -0.594. The number of rotatable bonds is 7. The molecule has 0 radical (unpaired) electrons. The van der Waals surface area contributed by atoms with E-state index in [1.165, 1.54) is 0 Å². The van der Waals surface area contributed by atoms with Gasteiger partial charge in [0.2, 0.25) is 5.91 Å². The number of benzene rings is 3. The first-order valence-electron chi connectivity index (χ1n) is 9.91. The molecule has 154 valence electrons. The van der Waals surface area contributed by atoms with Gasteiger partial charge in [0.25, 0.3) is 5.91 Å². The molecular weight excluding hydrogens is 390 g/mol. The van der Waals surface area contributed by atoms with Crippen LogP contribution in [0.5, 0.6) is 0 Å². The normalized spacial score (nSPS) is 10.6. The Balaban J connectivity index is 1.54. The van der Waals surface area contributed by atoms with Crippen molar-refractivity contribution in [3.63, 3.8) is 0 Å². The molecule has 31 heavy (non-hydrogen) atoms. The van der Waals surface area contributed by atoms with Gasteiger partial charge in [-0.25, -0.2) is 4.98 Å². The molecule has 0 unspecified atom stereocenters. The predicted octanol–water partition coefficient (Wildman–Crippen LogP) is 4.68. The molecule has 3 aromatic carbocycles. The highest BCUT2D eigenvalue weighted by Gasteiger charge is 2.18. The van der Waals surface area contributed by atoms with Crippen LogP contribution in [0.25, 0.3) is 22.6 Å². The SMILES string of the molecule is NC(=O)c1ccccc1NC(=O)CCc1nc(-c2ccccc2)c(-c2ccccc2)o1. The minimum absolute atomic E-state index is 0.149. The van der Waals surface area contributed by atoms with Crippen molar-refractivity contribution >= 4 is 17.5 Å². The van der Waals surface area contributed by atoms with Crippen LogP contribution >= 0.6 is 0 Å². The van der Waals surface area contributed by atoms with Gasteiger partial charge < -0.3 is 15.5 Å². The first kappa shape index (κ1) is 20.1. The topological polar surface area (TPSA) is 98.2 Å². The number of carbonyl (C=O) groups excluding carboxylic acids is 2. The summed E-state index contributed by atoms with van der Waals surface area (Å²) in [6.07, 6.45) is 0.466. The van der Waals surface area contributed by atoms with E-state index in [9.17, 15) is 9.59 Å². The van der Waals surface area contributed by atoms with Crippen LogP contribution in [-0.2, 0) is 11.2 Å². The number of oxazole rings is 1. The summed E-state index contributed by atoms with van der Waals surface area (Å²) in [5.74, 6) is 0.287. The van der Waals surface area contributed by atoms with Crippen LogP contribution in [0.4, 0.5) is 5.69 Å². The highest BCUT2D eigenvalue weighted by molar-refractivity contribution is 6.03. The van der Waals surface area contributed by atoms with Gasteiger partial charge in [-0.05, 0) is 12.1 Å². The number of hydrogen-bond acceptors (Lipinski definition) is 4. The summed E-state index contributed by atoms with van der Waals surface area (Å²) in [6.45, 7) is 0. The molecular formula is C25H21N3O3. The number of nitrogens with zero attached hydrogens (tertiary/aromatic N) is 1. The fourth-order valence-corrected chi connectivity index (χ4v) is 3.29. The van der Waals surface area contributed by atoms with Gasteiger partial charge in [0, 0.05) is 24.0 Å². The molecule has 1 aromatic heterocycles. The molecule has 0 aliphatic carbocycles. The van der Waals surface area contributed by atoms with Gasteiger partial charge in [-0.15, -0.1) is 0 Å². The highest BCUT2D eigenvalue weighted by atomic mass is 16.4. The third-order valence-corrected chi connectivity index (χ3v) is 4.79. The number of aryl methyl sites for hydroxylation is 1. The van der Waals surface area contributed by atoms with E-state index in [4.69, 9.17) is 10.2 Å². The highest BCUT2D eigenvalue weighted by Crippen LogP contribution is 2.32. The fraction of sp³-hybridized carbons (Fsp3) is 0.0800. The molecule has 0 saturated carbocycles.